The lowest BCUT2D eigenvalue weighted by atomic mass is 9.88. The van der Waals surface area contributed by atoms with Gasteiger partial charge < -0.3 is 4.74 Å². The van der Waals surface area contributed by atoms with Gasteiger partial charge in [0.25, 0.3) is 0 Å². The Kier molecular flexibility index (Phi) is 4.81. The van der Waals surface area contributed by atoms with Crippen molar-refractivity contribution >= 4 is 0 Å². The molecule has 128 valence electrons. The molecule has 2 heterocycles. The smallest absolute Gasteiger partial charge is 0.102 e. The molecule has 0 saturated carbocycles. The maximum absolute atomic E-state index is 10.0. The molecule has 0 radical (unpaired) electrons. The lowest BCUT2D eigenvalue weighted by Gasteiger charge is -2.26. The molecular weight excluding hydrogens is 308 g/mol. The van der Waals surface area contributed by atoms with Crippen LogP contribution in [0.3, 0.4) is 0 Å². The number of aromatic nitrogens is 1. The minimum Gasteiger partial charge on any atom is -0.372 e. The van der Waals surface area contributed by atoms with Crippen LogP contribution in [0, 0.1) is 11.3 Å². The standard InChI is InChI=1S/C22H24N2O/c23-15-18-21(16-9-3-1-4-10-16)17-11-5-2-6-12-19(17)24-22(18)20-13-7-8-14-25-20/h1,3-4,9-10,20H,2,5-8,11-14H2. The number of nitrogens with zero attached hydrogens (tertiary/aromatic N) is 2. The quantitative estimate of drug-likeness (QED) is 0.716. The predicted octanol–water partition coefficient (Wildman–Crippen LogP) is 5.13. The molecule has 1 unspecified atom stereocenters. The third-order valence-corrected chi connectivity index (χ3v) is 5.41. The number of hydrogen-bond acceptors (Lipinski definition) is 3. The van der Waals surface area contributed by atoms with Crippen molar-refractivity contribution in [3.63, 3.8) is 0 Å². The lowest BCUT2D eigenvalue weighted by Crippen LogP contribution is -2.17. The molecule has 1 saturated heterocycles. The molecule has 1 fully saturated rings. The number of benzene rings is 1. The van der Waals surface area contributed by atoms with Gasteiger partial charge in [-0.25, -0.2) is 0 Å². The summed E-state index contributed by atoms with van der Waals surface area (Å²) in [6, 6.07) is 12.9. The fourth-order valence-corrected chi connectivity index (χ4v) is 4.17. The van der Waals surface area contributed by atoms with Crippen molar-refractivity contribution in [1.29, 1.82) is 5.26 Å². The Labute approximate surface area is 149 Å². The van der Waals surface area contributed by atoms with Crippen molar-refractivity contribution in [1.82, 2.24) is 4.98 Å². The Morgan fingerprint density at radius 1 is 1.00 bits per heavy atom. The number of fused-ring (bicyclic) bond motifs is 1. The van der Waals surface area contributed by atoms with Crippen molar-refractivity contribution in [2.45, 2.75) is 57.5 Å². The highest BCUT2D eigenvalue weighted by Crippen LogP contribution is 2.38. The van der Waals surface area contributed by atoms with Crippen LogP contribution >= 0.6 is 0 Å². The van der Waals surface area contributed by atoms with Crippen LogP contribution in [-0.2, 0) is 17.6 Å². The summed E-state index contributed by atoms with van der Waals surface area (Å²) in [6.45, 7) is 0.773. The van der Waals surface area contributed by atoms with E-state index in [9.17, 15) is 5.26 Å². The van der Waals surface area contributed by atoms with E-state index in [1.165, 1.54) is 30.5 Å². The number of ether oxygens (including phenoxy) is 1. The number of nitriles is 1. The molecule has 1 aliphatic carbocycles. The Morgan fingerprint density at radius 3 is 2.60 bits per heavy atom. The van der Waals surface area contributed by atoms with E-state index in [1.54, 1.807) is 0 Å². The molecule has 2 aliphatic rings. The number of aryl methyl sites for hydroxylation is 1. The van der Waals surface area contributed by atoms with Gasteiger partial charge in [0.1, 0.15) is 12.2 Å². The van der Waals surface area contributed by atoms with Gasteiger partial charge in [-0.1, -0.05) is 36.8 Å². The fourth-order valence-electron chi connectivity index (χ4n) is 4.17. The predicted molar refractivity (Wildman–Crippen MR) is 98.2 cm³/mol. The van der Waals surface area contributed by atoms with Crippen molar-refractivity contribution < 1.29 is 4.74 Å². The topological polar surface area (TPSA) is 45.9 Å². The van der Waals surface area contributed by atoms with E-state index < -0.39 is 0 Å². The molecule has 0 bridgehead atoms. The first-order valence-electron chi connectivity index (χ1n) is 9.51. The molecule has 2 aromatic rings. The summed E-state index contributed by atoms with van der Waals surface area (Å²) in [5.41, 5.74) is 6.34. The molecule has 0 spiro atoms. The van der Waals surface area contributed by atoms with E-state index in [0.29, 0.717) is 0 Å². The first-order valence-corrected chi connectivity index (χ1v) is 9.51. The van der Waals surface area contributed by atoms with Gasteiger partial charge in [0.15, 0.2) is 0 Å². The van der Waals surface area contributed by atoms with Gasteiger partial charge in [-0.2, -0.15) is 5.26 Å². The molecule has 1 atom stereocenters. The zero-order valence-electron chi connectivity index (χ0n) is 14.6. The summed E-state index contributed by atoms with van der Waals surface area (Å²) in [6.07, 6.45) is 8.83. The molecule has 3 heteroatoms. The summed E-state index contributed by atoms with van der Waals surface area (Å²) in [5, 5.41) is 10.0. The molecular formula is C22H24N2O. The van der Waals surface area contributed by atoms with Crippen LogP contribution in [0.2, 0.25) is 0 Å². The summed E-state index contributed by atoms with van der Waals surface area (Å²) < 4.78 is 6.01. The van der Waals surface area contributed by atoms with Crippen molar-refractivity contribution in [3.8, 4) is 17.2 Å². The molecule has 1 aromatic heterocycles. The molecule has 0 amide bonds. The zero-order valence-corrected chi connectivity index (χ0v) is 14.6. The highest BCUT2D eigenvalue weighted by atomic mass is 16.5. The maximum atomic E-state index is 10.0. The fraction of sp³-hybridized carbons (Fsp3) is 0.455. The molecule has 1 aliphatic heterocycles. The molecule has 25 heavy (non-hydrogen) atoms. The highest BCUT2D eigenvalue weighted by Gasteiger charge is 2.27. The lowest BCUT2D eigenvalue weighted by molar-refractivity contribution is 0.0120. The first-order chi connectivity index (χ1) is 12.4. The average Bonchev–Trinajstić information content (AvgIpc) is 2.93. The average molecular weight is 332 g/mol. The molecule has 4 rings (SSSR count). The molecule has 3 nitrogen and oxygen atoms in total. The molecule has 1 aromatic carbocycles. The van der Waals surface area contributed by atoms with Gasteiger partial charge >= 0.3 is 0 Å². The van der Waals surface area contributed by atoms with Crippen LogP contribution < -0.4 is 0 Å². The van der Waals surface area contributed by atoms with E-state index in [1.807, 2.05) is 6.07 Å². The Balaban J connectivity index is 1.94. The summed E-state index contributed by atoms with van der Waals surface area (Å²) in [7, 11) is 0. The van der Waals surface area contributed by atoms with Gasteiger partial charge in [-0.15, -0.1) is 0 Å². The van der Waals surface area contributed by atoms with Gasteiger partial charge in [0, 0.05) is 17.9 Å². The minimum atomic E-state index is -0.0283. The van der Waals surface area contributed by atoms with Crippen LogP contribution in [0.25, 0.3) is 11.1 Å². The van der Waals surface area contributed by atoms with Crippen molar-refractivity contribution in [2.24, 2.45) is 0 Å². The van der Waals surface area contributed by atoms with Crippen LogP contribution in [0.4, 0.5) is 0 Å². The number of pyridine rings is 1. The van der Waals surface area contributed by atoms with E-state index >= 15 is 0 Å². The van der Waals surface area contributed by atoms with E-state index in [-0.39, 0.29) is 6.10 Å². The van der Waals surface area contributed by atoms with Crippen molar-refractivity contribution in [2.75, 3.05) is 6.61 Å². The second-order valence-corrected chi connectivity index (χ2v) is 7.07. The van der Waals surface area contributed by atoms with E-state index in [0.717, 1.165) is 61.1 Å². The third kappa shape index (κ3) is 3.19. The Hall–Kier alpha value is -2.18. The van der Waals surface area contributed by atoms with Crippen LogP contribution in [0.1, 0.15) is 67.1 Å². The maximum Gasteiger partial charge on any atom is 0.102 e. The highest BCUT2D eigenvalue weighted by molar-refractivity contribution is 5.76. The van der Waals surface area contributed by atoms with Gasteiger partial charge in [0.05, 0.1) is 11.3 Å². The largest absolute Gasteiger partial charge is 0.372 e. The van der Waals surface area contributed by atoms with Crippen LogP contribution in [0.15, 0.2) is 30.3 Å². The van der Waals surface area contributed by atoms with E-state index in [4.69, 9.17) is 9.72 Å². The second kappa shape index (κ2) is 7.37. The number of rotatable bonds is 2. The van der Waals surface area contributed by atoms with Gasteiger partial charge in [0.2, 0.25) is 0 Å². The first kappa shape index (κ1) is 16.3. The third-order valence-electron chi connectivity index (χ3n) is 5.41. The van der Waals surface area contributed by atoms with Gasteiger partial charge in [-0.3, -0.25) is 4.98 Å². The second-order valence-electron chi connectivity index (χ2n) is 7.07. The van der Waals surface area contributed by atoms with Gasteiger partial charge in [-0.05, 0) is 56.1 Å². The minimum absolute atomic E-state index is 0.0283. The normalized spacial score (nSPS) is 20.4. The SMILES string of the molecule is N#Cc1c(C2CCCCO2)nc2c(c1-c1ccccc1)CCCCC2. The van der Waals surface area contributed by atoms with Crippen LogP contribution in [0.5, 0.6) is 0 Å². The Bertz CT molecular complexity index is 786. The number of hydrogen-bond donors (Lipinski definition) is 0. The van der Waals surface area contributed by atoms with Crippen LogP contribution in [-0.4, -0.2) is 11.6 Å². The Morgan fingerprint density at radius 2 is 1.84 bits per heavy atom. The van der Waals surface area contributed by atoms with Crippen molar-refractivity contribution in [3.05, 3.63) is 52.8 Å². The summed E-state index contributed by atoms with van der Waals surface area (Å²) in [5.74, 6) is 0. The summed E-state index contributed by atoms with van der Waals surface area (Å²) in [4.78, 5) is 5.01. The van der Waals surface area contributed by atoms with E-state index in [2.05, 4.69) is 30.3 Å². The zero-order chi connectivity index (χ0) is 17.1. The molecule has 0 N–H and O–H groups in total. The summed E-state index contributed by atoms with van der Waals surface area (Å²) >= 11 is 0. The monoisotopic (exact) mass is 332 g/mol.